The van der Waals surface area contributed by atoms with Crippen LogP contribution in [0.2, 0.25) is 0 Å². The lowest BCUT2D eigenvalue weighted by molar-refractivity contribution is -0.175. The number of carbonyl (C=O) groups excluding carboxylic acids is 2. The van der Waals surface area contributed by atoms with Gasteiger partial charge in [-0.2, -0.15) is 26.3 Å². The third kappa shape index (κ3) is 4.94. The van der Waals surface area contributed by atoms with Gasteiger partial charge < -0.3 is 4.90 Å². The fourth-order valence-corrected chi connectivity index (χ4v) is 2.39. The molecule has 0 saturated heterocycles. The van der Waals surface area contributed by atoms with Crippen LogP contribution in [-0.2, 0) is 9.59 Å². The summed E-state index contributed by atoms with van der Waals surface area (Å²) in [6.07, 6.45) is -9.93. The van der Waals surface area contributed by atoms with E-state index >= 15 is 0 Å². The molecule has 0 bridgehead atoms. The second-order valence-electron chi connectivity index (χ2n) is 3.71. The molecule has 10 heteroatoms. The lowest BCUT2D eigenvalue weighted by Crippen LogP contribution is -2.38. The molecule has 21 heavy (non-hydrogen) atoms. The lowest BCUT2D eigenvalue weighted by Gasteiger charge is -2.25. The van der Waals surface area contributed by atoms with Crippen molar-refractivity contribution in [1.82, 2.24) is 4.90 Å². The zero-order chi connectivity index (χ0) is 17.0. The Labute approximate surface area is 121 Å². The van der Waals surface area contributed by atoms with E-state index in [0.717, 1.165) is 4.90 Å². The van der Waals surface area contributed by atoms with Gasteiger partial charge in [0.15, 0.2) is 0 Å². The van der Waals surface area contributed by atoms with Gasteiger partial charge in [-0.3, -0.25) is 9.59 Å². The molecular weight excluding hydrogens is 324 g/mol. The van der Waals surface area contributed by atoms with Crippen molar-refractivity contribution in [3.05, 3.63) is 10.6 Å². The van der Waals surface area contributed by atoms with Gasteiger partial charge in [-0.1, -0.05) is 0 Å². The summed E-state index contributed by atoms with van der Waals surface area (Å²) in [4.78, 5) is 23.6. The van der Waals surface area contributed by atoms with Crippen LogP contribution in [0.25, 0.3) is 0 Å². The fourth-order valence-electron chi connectivity index (χ4n) is 1.48. The van der Waals surface area contributed by atoms with Crippen LogP contribution in [0.4, 0.5) is 26.3 Å². The number of hydrogen-bond donors (Lipinski definition) is 0. The molecule has 0 aliphatic rings. The van der Waals surface area contributed by atoms with Crippen LogP contribution in [-0.4, -0.2) is 48.2 Å². The van der Waals surface area contributed by atoms with Gasteiger partial charge in [-0.05, 0) is 20.1 Å². The molecule has 0 saturated carbocycles. The van der Waals surface area contributed by atoms with Crippen molar-refractivity contribution in [2.75, 3.05) is 19.3 Å². The standard InChI is InChI=1S/C11H13F6NO2S/c1-4-18(5-2)9(21-3)6(7(19)10(12,13)14)8(20)11(15,16)17/h4-5H2,1-3H3. The third-order valence-corrected chi connectivity index (χ3v) is 3.28. The van der Waals surface area contributed by atoms with Crippen LogP contribution in [0.3, 0.4) is 0 Å². The molecule has 3 nitrogen and oxygen atoms in total. The van der Waals surface area contributed by atoms with Crippen LogP contribution in [0, 0.1) is 0 Å². The van der Waals surface area contributed by atoms with E-state index in [-0.39, 0.29) is 13.1 Å². The van der Waals surface area contributed by atoms with Gasteiger partial charge in [0.1, 0.15) is 5.57 Å². The normalized spacial score (nSPS) is 12.0. The minimum atomic E-state index is -5.57. The maximum absolute atomic E-state index is 12.5. The van der Waals surface area contributed by atoms with E-state index < -0.39 is 34.5 Å². The Hall–Kier alpha value is -1.19. The first-order valence-electron chi connectivity index (χ1n) is 5.67. The van der Waals surface area contributed by atoms with Crippen LogP contribution in [0.15, 0.2) is 10.6 Å². The molecule has 0 aliphatic carbocycles. The first-order valence-corrected chi connectivity index (χ1v) is 6.90. The number of hydrogen-bond acceptors (Lipinski definition) is 4. The first kappa shape index (κ1) is 19.8. The van der Waals surface area contributed by atoms with Gasteiger partial charge >= 0.3 is 12.4 Å². The van der Waals surface area contributed by atoms with Gasteiger partial charge in [0.05, 0.1) is 5.03 Å². The smallest absolute Gasteiger partial charge is 0.366 e. The minimum absolute atomic E-state index is 0.0481. The van der Waals surface area contributed by atoms with Crippen molar-refractivity contribution in [2.24, 2.45) is 0 Å². The second-order valence-corrected chi connectivity index (χ2v) is 4.51. The van der Waals surface area contributed by atoms with Crippen LogP contribution in [0.1, 0.15) is 13.8 Å². The maximum atomic E-state index is 12.5. The zero-order valence-electron chi connectivity index (χ0n) is 11.4. The Balaban J connectivity index is 6.26. The van der Waals surface area contributed by atoms with E-state index in [1.807, 2.05) is 0 Å². The lowest BCUT2D eigenvalue weighted by atomic mass is 10.1. The number of nitrogens with zero attached hydrogens (tertiary/aromatic N) is 1. The summed E-state index contributed by atoms with van der Waals surface area (Å²) in [5.41, 5.74) is -1.88. The molecule has 122 valence electrons. The summed E-state index contributed by atoms with van der Waals surface area (Å²) in [6, 6.07) is 0. The van der Waals surface area contributed by atoms with Gasteiger partial charge in [0, 0.05) is 13.1 Å². The van der Waals surface area contributed by atoms with Crippen molar-refractivity contribution in [1.29, 1.82) is 0 Å². The summed E-state index contributed by atoms with van der Waals surface area (Å²) < 4.78 is 74.9. The summed E-state index contributed by atoms with van der Waals surface area (Å²) in [6.45, 7) is 3.06. The predicted molar refractivity (Wildman–Crippen MR) is 65.6 cm³/mol. The van der Waals surface area contributed by atoms with Crippen molar-refractivity contribution < 1.29 is 35.9 Å². The zero-order valence-corrected chi connectivity index (χ0v) is 12.2. The van der Waals surface area contributed by atoms with E-state index in [9.17, 15) is 35.9 Å². The molecule has 0 spiro atoms. The molecule has 0 aromatic heterocycles. The number of ketones is 2. The van der Waals surface area contributed by atoms with Gasteiger partial charge in [0.2, 0.25) is 0 Å². The van der Waals surface area contributed by atoms with E-state index in [4.69, 9.17) is 0 Å². The second kappa shape index (κ2) is 7.19. The summed E-state index contributed by atoms with van der Waals surface area (Å²) in [5, 5.41) is -0.635. The molecule has 0 rings (SSSR count). The highest BCUT2D eigenvalue weighted by molar-refractivity contribution is 8.02. The summed E-state index contributed by atoms with van der Waals surface area (Å²) >= 11 is 0.488. The van der Waals surface area contributed by atoms with Crippen molar-refractivity contribution in [3.8, 4) is 0 Å². The van der Waals surface area contributed by atoms with Crippen molar-refractivity contribution in [2.45, 2.75) is 26.2 Å². The molecule has 0 radical (unpaired) electrons. The third-order valence-electron chi connectivity index (χ3n) is 2.43. The van der Waals surface area contributed by atoms with Gasteiger partial charge in [0.25, 0.3) is 11.6 Å². The molecular formula is C11H13F6NO2S. The molecule has 0 aromatic carbocycles. The minimum Gasteiger partial charge on any atom is -0.366 e. The van der Waals surface area contributed by atoms with E-state index in [2.05, 4.69) is 0 Å². The average Bonchev–Trinajstić information content (AvgIpc) is 2.35. The van der Waals surface area contributed by atoms with Gasteiger partial charge in [-0.25, -0.2) is 0 Å². The first-order chi connectivity index (χ1) is 9.41. The SMILES string of the molecule is CCN(CC)C(SC)=C(C(=O)C(F)(F)F)C(=O)C(F)(F)F. The highest BCUT2D eigenvalue weighted by atomic mass is 32.2. The fraction of sp³-hybridized carbons (Fsp3) is 0.636. The Bertz CT molecular complexity index is 409. The topological polar surface area (TPSA) is 37.4 Å². The summed E-state index contributed by atoms with van der Waals surface area (Å²) in [5.74, 6) is -5.58. The average molecular weight is 337 g/mol. The Morgan fingerprint density at radius 3 is 1.43 bits per heavy atom. The Morgan fingerprint density at radius 1 is 0.905 bits per heavy atom. The predicted octanol–water partition coefficient (Wildman–Crippen LogP) is 3.17. The number of carbonyl (C=O) groups is 2. The van der Waals surface area contributed by atoms with Crippen LogP contribution in [0.5, 0.6) is 0 Å². The molecule has 0 fully saturated rings. The molecule has 0 aliphatic heterocycles. The van der Waals surface area contributed by atoms with E-state index in [1.165, 1.54) is 20.1 Å². The molecule has 0 atom stereocenters. The highest BCUT2D eigenvalue weighted by Gasteiger charge is 2.52. The number of rotatable bonds is 6. The molecule has 0 N–H and O–H groups in total. The highest BCUT2D eigenvalue weighted by Crippen LogP contribution is 2.33. The molecule has 0 heterocycles. The van der Waals surface area contributed by atoms with Crippen LogP contribution < -0.4 is 0 Å². The molecule has 0 unspecified atom stereocenters. The molecule has 0 amide bonds. The number of halogens is 6. The number of alkyl halides is 6. The van der Waals surface area contributed by atoms with E-state index in [1.54, 1.807) is 0 Å². The van der Waals surface area contributed by atoms with Crippen LogP contribution >= 0.6 is 11.8 Å². The molecule has 0 aromatic rings. The number of Topliss-reactive ketones (excluding diaryl/α,β-unsaturated/α-hetero) is 2. The van der Waals surface area contributed by atoms with E-state index in [0.29, 0.717) is 11.8 Å². The monoisotopic (exact) mass is 337 g/mol. The number of allylic oxidation sites excluding steroid dienone is 1. The van der Waals surface area contributed by atoms with Crippen molar-refractivity contribution >= 4 is 23.3 Å². The Morgan fingerprint density at radius 2 is 1.24 bits per heavy atom. The maximum Gasteiger partial charge on any atom is 0.455 e. The summed E-state index contributed by atoms with van der Waals surface area (Å²) in [7, 11) is 0. The largest absolute Gasteiger partial charge is 0.455 e. The number of thioether (sulfide) groups is 1. The quantitative estimate of drug-likeness (QED) is 0.323. The van der Waals surface area contributed by atoms with Gasteiger partial charge in [-0.15, -0.1) is 11.8 Å². The Kier molecular flexibility index (Phi) is 6.78. The van der Waals surface area contributed by atoms with Crippen molar-refractivity contribution in [3.63, 3.8) is 0 Å².